The second-order valence-electron chi connectivity index (χ2n) is 9.88. The first-order chi connectivity index (χ1) is 18.3. The van der Waals surface area contributed by atoms with E-state index in [4.69, 9.17) is 4.98 Å². The van der Waals surface area contributed by atoms with Crippen LogP contribution in [0.4, 0.5) is 0 Å². The number of fused-ring (bicyclic) bond motifs is 9. The van der Waals surface area contributed by atoms with E-state index in [0.29, 0.717) is 0 Å². The van der Waals surface area contributed by atoms with E-state index in [2.05, 4.69) is 109 Å². The Bertz CT molecular complexity index is 2040. The molecule has 0 N–H and O–H groups in total. The third-order valence-electron chi connectivity index (χ3n) is 7.78. The van der Waals surface area contributed by atoms with Crippen LogP contribution in [0.3, 0.4) is 0 Å². The predicted molar refractivity (Wildman–Crippen MR) is 160 cm³/mol. The molecule has 8 rings (SSSR count). The summed E-state index contributed by atoms with van der Waals surface area (Å²) in [6.45, 7) is 0. The molecular formula is C35H23NS. The van der Waals surface area contributed by atoms with Crippen LogP contribution in [0.2, 0.25) is 0 Å². The lowest BCUT2D eigenvalue weighted by atomic mass is 9.85. The van der Waals surface area contributed by atoms with E-state index in [0.717, 1.165) is 24.1 Å². The number of pyridine rings is 1. The van der Waals surface area contributed by atoms with Crippen LogP contribution in [-0.4, -0.2) is 4.98 Å². The summed E-state index contributed by atoms with van der Waals surface area (Å²) in [4.78, 5) is 4.85. The third-order valence-corrected chi connectivity index (χ3v) is 8.90. The fraction of sp³-hybridized carbons (Fsp3) is 0.0571. The number of aromatic nitrogens is 1. The molecule has 1 aliphatic rings. The molecule has 1 nitrogen and oxygen atoms in total. The minimum absolute atomic E-state index is 1.02. The molecular weight excluding hydrogens is 466 g/mol. The van der Waals surface area contributed by atoms with Crippen molar-refractivity contribution in [3.8, 4) is 22.4 Å². The van der Waals surface area contributed by atoms with Crippen molar-refractivity contribution in [1.29, 1.82) is 0 Å². The lowest BCUT2D eigenvalue weighted by molar-refractivity contribution is 1.00. The molecule has 0 spiro atoms. The zero-order valence-electron chi connectivity index (χ0n) is 20.2. The molecule has 7 aromatic rings. The molecule has 0 bridgehead atoms. The van der Waals surface area contributed by atoms with Crippen molar-refractivity contribution in [2.45, 2.75) is 12.8 Å². The van der Waals surface area contributed by atoms with Crippen molar-refractivity contribution >= 4 is 59.1 Å². The van der Waals surface area contributed by atoms with Gasteiger partial charge in [-0.2, -0.15) is 0 Å². The monoisotopic (exact) mass is 489 g/mol. The van der Waals surface area contributed by atoms with Gasteiger partial charge in [0.05, 0.1) is 10.4 Å². The van der Waals surface area contributed by atoms with Crippen molar-refractivity contribution in [1.82, 2.24) is 4.98 Å². The van der Waals surface area contributed by atoms with Gasteiger partial charge < -0.3 is 0 Å². The Morgan fingerprint density at radius 1 is 0.568 bits per heavy atom. The van der Waals surface area contributed by atoms with Crippen molar-refractivity contribution in [2.75, 3.05) is 0 Å². The van der Waals surface area contributed by atoms with Crippen LogP contribution in [0, 0.1) is 0 Å². The minimum atomic E-state index is 1.02. The Labute approximate surface area is 219 Å². The van der Waals surface area contributed by atoms with E-state index in [1.54, 1.807) is 0 Å². The molecule has 2 heteroatoms. The molecule has 0 aliphatic heterocycles. The van der Waals surface area contributed by atoms with Crippen molar-refractivity contribution in [3.05, 3.63) is 120 Å². The topological polar surface area (TPSA) is 12.9 Å². The SMILES string of the molecule is C1=Cc2c(c3cc(-c4cccc(-c5cc6c(cn5)sc5ccccc56)c4)ccc3c3ccccc23)CC1. The maximum atomic E-state index is 4.85. The molecule has 37 heavy (non-hydrogen) atoms. The lowest BCUT2D eigenvalue weighted by Gasteiger charge is -2.18. The second-order valence-corrected chi connectivity index (χ2v) is 11.0. The van der Waals surface area contributed by atoms with Crippen LogP contribution < -0.4 is 0 Å². The van der Waals surface area contributed by atoms with E-state index in [9.17, 15) is 0 Å². The van der Waals surface area contributed by atoms with E-state index in [-0.39, 0.29) is 0 Å². The van der Waals surface area contributed by atoms with E-state index < -0.39 is 0 Å². The van der Waals surface area contributed by atoms with Gasteiger partial charge >= 0.3 is 0 Å². The molecule has 0 radical (unpaired) electrons. The molecule has 0 saturated carbocycles. The first kappa shape index (κ1) is 20.9. The Kier molecular flexibility index (Phi) is 4.58. The second kappa shape index (κ2) is 8.12. The van der Waals surface area contributed by atoms with Crippen molar-refractivity contribution < 1.29 is 0 Å². The summed E-state index contributed by atoms with van der Waals surface area (Å²) in [6, 6.07) is 35.6. The standard InChI is InChI=1S/C35H23NS/c1-2-12-27-25(10-1)26-11-3-4-13-28(26)31-19-23(16-17-29(27)31)22-8-7-9-24(18-22)33-20-32-30-14-5-6-15-34(30)37-35(32)21-36-33/h1-3,5-12,14-21H,4,13H2. The van der Waals surface area contributed by atoms with Gasteiger partial charge in [0.1, 0.15) is 0 Å². The molecule has 0 unspecified atom stereocenters. The van der Waals surface area contributed by atoms with Gasteiger partial charge in [0.15, 0.2) is 0 Å². The number of nitrogens with zero attached hydrogens (tertiary/aromatic N) is 1. The highest BCUT2D eigenvalue weighted by Gasteiger charge is 2.15. The average molecular weight is 490 g/mol. The van der Waals surface area contributed by atoms with Crippen molar-refractivity contribution in [3.63, 3.8) is 0 Å². The maximum absolute atomic E-state index is 4.85. The van der Waals surface area contributed by atoms with Gasteiger partial charge in [-0.05, 0) is 80.9 Å². The highest BCUT2D eigenvalue weighted by molar-refractivity contribution is 7.25. The molecule has 0 saturated heterocycles. The molecule has 174 valence electrons. The minimum Gasteiger partial charge on any atom is -0.255 e. The van der Waals surface area contributed by atoms with Crippen molar-refractivity contribution in [2.24, 2.45) is 0 Å². The molecule has 0 atom stereocenters. The van der Waals surface area contributed by atoms with Crippen LogP contribution in [0.5, 0.6) is 0 Å². The summed E-state index contributed by atoms with van der Waals surface area (Å²) in [5.41, 5.74) is 7.52. The van der Waals surface area contributed by atoms with Gasteiger partial charge in [-0.25, -0.2) is 0 Å². The highest BCUT2D eigenvalue weighted by atomic mass is 32.1. The van der Waals surface area contributed by atoms with Crippen LogP contribution in [0.15, 0.2) is 109 Å². The van der Waals surface area contributed by atoms with E-state index in [1.165, 1.54) is 64.0 Å². The van der Waals surface area contributed by atoms with Crippen LogP contribution in [-0.2, 0) is 6.42 Å². The molecule has 1 aliphatic carbocycles. The van der Waals surface area contributed by atoms with Crippen LogP contribution >= 0.6 is 11.3 Å². The predicted octanol–water partition coefficient (Wildman–Crippen LogP) is 10.0. The van der Waals surface area contributed by atoms with Gasteiger partial charge in [0.2, 0.25) is 0 Å². The van der Waals surface area contributed by atoms with Crippen LogP contribution in [0.1, 0.15) is 17.5 Å². The lowest BCUT2D eigenvalue weighted by Crippen LogP contribution is -1.98. The Balaban J connectivity index is 1.29. The third kappa shape index (κ3) is 3.26. The highest BCUT2D eigenvalue weighted by Crippen LogP contribution is 2.39. The summed E-state index contributed by atoms with van der Waals surface area (Å²) < 4.78 is 2.55. The van der Waals surface area contributed by atoms with Gasteiger partial charge in [0.25, 0.3) is 0 Å². The summed E-state index contributed by atoms with van der Waals surface area (Å²) >= 11 is 1.81. The summed E-state index contributed by atoms with van der Waals surface area (Å²) in [5, 5.41) is 8.02. The van der Waals surface area contributed by atoms with E-state index >= 15 is 0 Å². The molecule has 5 aromatic carbocycles. The fourth-order valence-corrected chi connectivity index (χ4v) is 7.06. The Morgan fingerprint density at radius 3 is 2.30 bits per heavy atom. The summed E-state index contributed by atoms with van der Waals surface area (Å²) in [6.07, 6.45) is 8.86. The number of rotatable bonds is 2. The molecule has 0 fully saturated rings. The van der Waals surface area contributed by atoms with Gasteiger partial charge in [-0.15, -0.1) is 11.3 Å². The van der Waals surface area contributed by atoms with Gasteiger partial charge in [-0.3, -0.25) is 4.98 Å². The number of aryl methyl sites for hydroxylation is 1. The first-order valence-electron chi connectivity index (χ1n) is 12.9. The fourth-order valence-electron chi connectivity index (χ4n) is 6.00. The quantitative estimate of drug-likeness (QED) is 0.220. The zero-order valence-corrected chi connectivity index (χ0v) is 21.1. The Morgan fingerprint density at radius 2 is 1.35 bits per heavy atom. The molecule has 2 heterocycles. The number of benzene rings is 5. The maximum Gasteiger partial charge on any atom is 0.0709 e. The summed E-state index contributed by atoms with van der Waals surface area (Å²) in [7, 11) is 0. The number of thiophene rings is 1. The normalized spacial score (nSPS) is 13.1. The van der Waals surface area contributed by atoms with Crippen LogP contribution in [0.25, 0.3) is 70.2 Å². The summed E-state index contributed by atoms with van der Waals surface area (Å²) in [5.74, 6) is 0. The van der Waals surface area contributed by atoms with Gasteiger partial charge in [-0.1, -0.05) is 84.9 Å². The zero-order chi connectivity index (χ0) is 24.3. The van der Waals surface area contributed by atoms with Gasteiger partial charge in [0, 0.05) is 27.2 Å². The Hall–Kier alpha value is -4.27. The molecule has 2 aromatic heterocycles. The number of hydrogen-bond acceptors (Lipinski definition) is 2. The van der Waals surface area contributed by atoms with E-state index in [1.807, 2.05) is 17.5 Å². The molecule has 0 amide bonds. The number of allylic oxidation sites excluding steroid dienone is 1. The first-order valence-corrected chi connectivity index (χ1v) is 13.7. The average Bonchev–Trinajstić information content (AvgIpc) is 3.35. The largest absolute Gasteiger partial charge is 0.255 e. The smallest absolute Gasteiger partial charge is 0.0709 e. The number of hydrogen-bond donors (Lipinski definition) is 0.